The Morgan fingerprint density at radius 2 is 0.900 bits per heavy atom. The molecule has 0 aliphatic rings. The minimum absolute atomic E-state index is 0.0606. The Hall–Kier alpha value is -2.27. The number of unbranched alkanes of at least 4 members (excludes halogenated alkanes) is 8. The van der Waals surface area contributed by atoms with Crippen molar-refractivity contribution in [1.82, 2.24) is 0 Å². The summed E-state index contributed by atoms with van der Waals surface area (Å²) in [6, 6.07) is 14.8. The van der Waals surface area contributed by atoms with E-state index in [9.17, 15) is 9.59 Å². The zero-order valence-electron chi connectivity index (χ0n) is 25.3. The Morgan fingerprint density at radius 3 is 1.25 bits per heavy atom. The third-order valence-corrected chi connectivity index (χ3v) is 10.9. The van der Waals surface area contributed by atoms with Gasteiger partial charge < -0.3 is 0 Å². The highest BCUT2D eigenvalue weighted by atomic mass is 28.3. The first kappa shape index (κ1) is 33.9. The molecule has 2 aromatic rings. The van der Waals surface area contributed by atoms with Crippen LogP contribution in [0.15, 0.2) is 48.5 Å². The molecule has 2 aromatic carbocycles. The minimum atomic E-state index is -1.48. The number of benzene rings is 2. The second-order valence-corrected chi connectivity index (χ2v) is 22.5. The van der Waals surface area contributed by atoms with E-state index >= 15 is 0 Å². The van der Waals surface area contributed by atoms with Crippen molar-refractivity contribution in [2.45, 2.75) is 103 Å². The van der Waals surface area contributed by atoms with Crippen LogP contribution in [-0.2, 0) is 19.6 Å². The fourth-order valence-electron chi connectivity index (χ4n) is 4.08. The molecule has 6 nitrogen and oxygen atoms in total. The van der Waals surface area contributed by atoms with Gasteiger partial charge in [-0.2, -0.15) is 0 Å². The van der Waals surface area contributed by atoms with Gasteiger partial charge in [0.15, 0.2) is 0 Å². The number of carbonyl (C=O) groups is 2. The lowest BCUT2D eigenvalue weighted by molar-refractivity contribution is -0.363. The molecule has 0 amide bonds. The van der Waals surface area contributed by atoms with Crippen LogP contribution < -0.4 is 10.4 Å². The summed E-state index contributed by atoms with van der Waals surface area (Å²) in [6.07, 6.45) is 10.1. The van der Waals surface area contributed by atoms with Crippen molar-refractivity contribution in [3.05, 3.63) is 72.9 Å². The quantitative estimate of drug-likeness (QED) is 0.0768. The molecule has 0 unspecified atom stereocenters. The highest BCUT2D eigenvalue weighted by Gasteiger charge is 2.23. The Morgan fingerprint density at radius 1 is 0.550 bits per heavy atom. The zero-order chi connectivity index (χ0) is 29.6. The highest BCUT2D eigenvalue weighted by Crippen LogP contribution is 2.20. The molecule has 40 heavy (non-hydrogen) atoms. The molecule has 0 aliphatic heterocycles. The van der Waals surface area contributed by atoms with E-state index in [0.717, 1.165) is 25.7 Å². The molecule has 2 rings (SSSR count). The maximum absolute atomic E-state index is 12.6. The predicted molar refractivity (Wildman–Crippen MR) is 167 cm³/mol. The van der Waals surface area contributed by atoms with E-state index in [-0.39, 0.29) is 6.29 Å². The summed E-state index contributed by atoms with van der Waals surface area (Å²) < 4.78 is 0. The summed E-state index contributed by atoms with van der Waals surface area (Å²) >= 11 is 0. The monoisotopic (exact) mass is 584 g/mol. The first-order valence-corrected chi connectivity index (χ1v) is 21.6. The molecule has 0 saturated carbocycles. The van der Waals surface area contributed by atoms with Crippen molar-refractivity contribution in [3.63, 3.8) is 0 Å². The molecule has 0 atom stereocenters. The molecule has 0 aliphatic carbocycles. The van der Waals surface area contributed by atoms with Gasteiger partial charge in [-0.1, -0.05) is 132 Å². The molecular weight excluding hydrogens is 537 g/mol. The van der Waals surface area contributed by atoms with Crippen LogP contribution in [0.2, 0.25) is 39.3 Å². The largest absolute Gasteiger partial charge is 0.373 e. The second-order valence-electron chi connectivity index (χ2n) is 12.4. The van der Waals surface area contributed by atoms with E-state index in [1.165, 1.54) is 42.5 Å². The molecule has 0 bridgehead atoms. The molecule has 0 N–H and O–H groups in total. The van der Waals surface area contributed by atoms with Gasteiger partial charge in [-0.15, -0.1) is 9.78 Å². The number of hydrogen-bond acceptors (Lipinski definition) is 6. The van der Waals surface area contributed by atoms with Gasteiger partial charge in [-0.3, -0.25) is 9.78 Å². The van der Waals surface area contributed by atoms with E-state index in [2.05, 4.69) is 46.2 Å². The molecule has 0 fully saturated rings. The molecular formula is C32H48O6Si2. The van der Waals surface area contributed by atoms with Crippen LogP contribution in [0.1, 0.15) is 84.9 Å². The van der Waals surface area contributed by atoms with Gasteiger partial charge in [0, 0.05) is 6.42 Å². The van der Waals surface area contributed by atoms with E-state index in [4.69, 9.17) is 19.6 Å². The fourth-order valence-corrected chi connectivity index (χ4v) is 6.41. The van der Waals surface area contributed by atoms with Gasteiger partial charge in [-0.05, 0) is 30.7 Å². The topological polar surface area (TPSA) is 71.1 Å². The molecule has 0 heterocycles. The Balaban J connectivity index is 1.91. The lowest BCUT2D eigenvalue weighted by Crippen LogP contribution is -2.37. The van der Waals surface area contributed by atoms with E-state index in [1.54, 1.807) is 24.3 Å². The van der Waals surface area contributed by atoms with Crippen molar-refractivity contribution in [3.8, 4) is 0 Å². The molecule has 8 heteroatoms. The van der Waals surface area contributed by atoms with Crippen molar-refractivity contribution >= 4 is 38.5 Å². The summed E-state index contributed by atoms with van der Waals surface area (Å²) in [7, 11) is -2.96. The van der Waals surface area contributed by atoms with Crippen molar-refractivity contribution in [1.29, 1.82) is 0 Å². The van der Waals surface area contributed by atoms with Crippen LogP contribution in [0.4, 0.5) is 0 Å². The van der Waals surface area contributed by atoms with Crippen LogP contribution in [-0.4, -0.2) is 28.1 Å². The number of hydrogen-bond donors (Lipinski definition) is 0. The average molecular weight is 585 g/mol. The summed E-state index contributed by atoms with van der Waals surface area (Å²) in [6.45, 7) is 17.4. The van der Waals surface area contributed by atoms with E-state index in [0.29, 0.717) is 17.5 Å². The standard InChI is InChI=1S/C32H48O6Si2/c1-8-9-10-11-12-13-14-15-16-17-30(35-37-31(33)26-18-22-28(23-19-26)39(2,3)4)36-38-32(34)27-20-24-29(25-21-27)40(5,6)7/h18-25H,1,8-17H2,2-7H3. The molecule has 2 radical (unpaired) electrons. The second kappa shape index (κ2) is 16.9. The molecule has 0 spiro atoms. The summed E-state index contributed by atoms with van der Waals surface area (Å²) in [4.78, 5) is 45.8. The molecule has 0 aromatic heterocycles. The molecule has 220 valence electrons. The van der Waals surface area contributed by atoms with Crippen molar-refractivity contribution < 1.29 is 29.1 Å². The Kier molecular flexibility index (Phi) is 14.3. The van der Waals surface area contributed by atoms with Gasteiger partial charge >= 0.3 is 18.2 Å². The van der Waals surface area contributed by atoms with Crippen LogP contribution in [0.5, 0.6) is 0 Å². The van der Waals surface area contributed by atoms with Crippen molar-refractivity contribution in [2.24, 2.45) is 0 Å². The summed E-state index contributed by atoms with van der Waals surface area (Å²) in [5.41, 5.74) is 0.749. The van der Waals surface area contributed by atoms with Crippen molar-refractivity contribution in [2.75, 3.05) is 0 Å². The first-order chi connectivity index (χ1) is 18.9. The highest BCUT2D eigenvalue weighted by molar-refractivity contribution is 6.89. The number of rotatable bonds is 18. The van der Waals surface area contributed by atoms with Crippen LogP contribution in [0.3, 0.4) is 0 Å². The molecule has 0 saturated heterocycles. The fraction of sp³-hybridized carbons (Fsp3) is 0.500. The van der Waals surface area contributed by atoms with Gasteiger partial charge in [0.25, 0.3) is 0 Å². The third-order valence-electron chi connectivity index (χ3n) is 6.77. The average Bonchev–Trinajstić information content (AvgIpc) is 2.92. The van der Waals surface area contributed by atoms with Gasteiger partial charge in [0.1, 0.15) is 0 Å². The Labute approximate surface area is 243 Å². The normalized spacial score (nSPS) is 12.0. The SMILES string of the molecule is [CH2]CCCCCCCCCC[C](OOC(=O)c1ccc([Si](C)(C)C)cc1)OOC(=O)c1ccc([Si](C)(C)C)cc1. The van der Waals surface area contributed by atoms with Gasteiger partial charge in [0.05, 0.1) is 27.3 Å². The lowest BCUT2D eigenvalue weighted by Gasteiger charge is -2.17. The predicted octanol–water partition coefficient (Wildman–Crippen LogP) is 7.88. The van der Waals surface area contributed by atoms with E-state index < -0.39 is 28.1 Å². The van der Waals surface area contributed by atoms with Crippen LogP contribution >= 0.6 is 0 Å². The summed E-state index contributed by atoms with van der Waals surface area (Å²) in [5.74, 6) is -1.28. The summed E-state index contributed by atoms with van der Waals surface area (Å²) in [5, 5.41) is 2.49. The van der Waals surface area contributed by atoms with Gasteiger partial charge in [0.2, 0.25) is 0 Å². The third kappa shape index (κ3) is 12.5. The smallest absolute Gasteiger partial charge is 0.289 e. The zero-order valence-corrected chi connectivity index (χ0v) is 27.3. The minimum Gasteiger partial charge on any atom is -0.289 e. The van der Waals surface area contributed by atoms with Crippen LogP contribution in [0.25, 0.3) is 0 Å². The maximum Gasteiger partial charge on any atom is 0.373 e. The van der Waals surface area contributed by atoms with E-state index in [1.807, 2.05) is 24.3 Å². The van der Waals surface area contributed by atoms with Crippen LogP contribution in [0, 0.1) is 13.2 Å². The number of carbonyl (C=O) groups excluding carboxylic acids is 2. The lowest BCUT2D eigenvalue weighted by atomic mass is 10.1. The Bertz CT molecular complexity index is 950. The van der Waals surface area contributed by atoms with Gasteiger partial charge in [-0.25, -0.2) is 9.59 Å². The first-order valence-electron chi connectivity index (χ1n) is 14.6. The maximum atomic E-state index is 12.6.